The van der Waals surface area contributed by atoms with E-state index in [1.54, 1.807) is 22.3 Å². The van der Waals surface area contributed by atoms with Gasteiger partial charge in [-0.05, 0) is 30.7 Å². The number of aryl methyl sites for hydroxylation is 1. The Labute approximate surface area is 168 Å². The molecule has 6 nitrogen and oxygen atoms in total. The summed E-state index contributed by atoms with van der Waals surface area (Å²) in [6, 6.07) is 7.66. The zero-order valence-corrected chi connectivity index (χ0v) is 16.8. The minimum absolute atomic E-state index is 0.00895. The molecule has 3 rings (SSSR count). The lowest BCUT2D eigenvalue weighted by Crippen LogP contribution is -2.50. The van der Waals surface area contributed by atoms with E-state index < -0.39 is 0 Å². The zero-order valence-electron chi connectivity index (χ0n) is 15.3. The van der Waals surface area contributed by atoms with Crippen LogP contribution in [-0.4, -0.2) is 55.1 Å². The molecule has 0 aliphatic carbocycles. The van der Waals surface area contributed by atoms with Crippen molar-refractivity contribution in [2.45, 2.75) is 13.3 Å². The topological polar surface area (TPSA) is 63.5 Å². The lowest BCUT2D eigenvalue weighted by Gasteiger charge is -2.35. The summed E-state index contributed by atoms with van der Waals surface area (Å²) in [7, 11) is 0. The first-order valence-corrected chi connectivity index (χ1v) is 10.1. The fourth-order valence-electron chi connectivity index (χ4n) is 3.10. The number of hydrogen-bond donors (Lipinski definition) is 0. The number of nitriles is 1. The Morgan fingerprint density at radius 1 is 1.37 bits per heavy atom. The molecular weight excluding hydrogens is 382 g/mol. The predicted molar refractivity (Wildman–Crippen MR) is 110 cm³/mol. The van der Waals surface area contributed by atoms with Crippen molar-refractivity contribution in [1.82, 2.24) is 9.88 Å². The molecule has 1 fully saturated rings. The van der Waals surface area contributed by atoms with Gasteiger partial charge >= 0.3 is 0 Å². The second-order valence-corrected chi connectivity index (χ2v) is 7.75. The average Bonchev–Trinajstić information content (AvgIpc) is 3.20. The molecule has 2 heterocycles. The number of benzene rings is 1. The normalized spacial score (nSPS) is 14.8. The predicted octanol–water partition coefficient (Wildman–Crippen LogP) is 3.17. The molecule has 2 aromatic rings. The molecule has 0 unspecified atom stereocenters. The van der Waals surface area contributed by atoms with Gasteiger partial charge in [0, 0.05) is 55.0 Å². The Balaban J connectivity index is 1.62. The molecule has 0 N–H and O–H groups in total. The van der Waals surface area contributed by atoms with Crippen LogP contribution in [0.1, 0.15) is 12.0 Å². The summed E-state index contributed by atoms with van der Waals surface area (Å²) >= 11 is 7.75. The summed E-state index contributed by atoms with van der Waals surface area (Å²) in [6.45, 7) is 6.00. The molecule has 1 aromatic carbocycles. The summed E-state index contributed by atoms with van der Waals surface area (Å²) in [5.41, 5.74) is 1.71. The Bertz CT molecular complexity index is 812. The van der Waals surface area contributed by atoms with E-state index >= 15 is 0 Å². The van der Waals surface area contributed by atoms with Crippen LogP contribution in [0.2, 0.25) is 5.02 Å². The molecule has 1 aromatic heterocycles. The maximum absolute atomic E-state index is 12.9. The minimum atomic E-state index is 0.00895. The maximum Gasteiger partial charge on any atom is 0.241 e. The Kier molecular flexibility index (Phi) is 6.67. The van der Waals surface area contributed by atoms with Crippen molar-refractivity contribution in [2.24, 2.45) is 0 Å². The lowest BCUT2D eigenvalue weighted by atomic mass is 10.2. The van der Waals surface area contributed by atoms with Gasteiger partial charge in [0.15, 0.2) is 5.13 Å². The standard InChI is InChI=1S/C19H22ClN5OS/c1-15-13-16(3-4-17(15)20)25(7-2-5-21)18(26)14-23-8-10-24(11-9-23)19-22-6-12-27-19/h3-4,6,12-13H,2,7-11,14H2,1H3. The van der Waals surface area contributed by atoms with Crippen LogP contribution in [0.5, 0.6) is 0 Å². The van der Waals surface area contributed by atoms with E-state index in [1.165, 1.54) is 0 Å². The van der Waals surface area contributed by atoms with Gasteiger partial charge in [-0.15, -0.1) is 11.3 Å². The number of halogens is 1. The fraction of sp³-hybridized carbons (Fsp3) is 0.421. The molecule has 1 aliphatic rings. The zero-order chi connectivity index (χ0) is 19.2. The van der Waals surface area contributed by atoms with E-state index in [1.807, 2.05) is 30.6 Å². The smallest absolute Gasteiger partial charge is 0.241 e. The molecule has 0 saturated carbocycles. The van der Waals surface area contributed by atoms with Gasteiger partial charge in [0.1, 0.15) is 0 Å². The third kappa shape index (κ3) is 4.98. The lowest BCUT2D eigenvalue weighted by molar-refractivity contribution is -0.119. The van der Waals surface area contributed by atoms with Crippen LogP contribution in [-0.2, 0) is 4.79 Å². The minimum Gasteiger partial charge on any atom is -0.346 e. The molecule has 0 atom stereocenters. The van der Waals surface area contributed by atoms with E-state index in [2.05, 4.69) is 20.9 Å². The summed E-state index contributed by atoms with van der Waals surface area (Å²) < 4.78 is 0. The van der Waals surface area contributed by atoms with Gasteiger partial charge in [0.2, 0.25) is 5.91 Å². The molecule has 0 bridgehead atoms. The first kappa shape index (κ1) is 19.6. The fourth-order valence-corrected chi connectivity index (χ4v) is 3.92. The summed E-state index contributed by atoms with van der Waals surface area (Å²) in [6.07, 6.45) is 2.11. The molecule has 1 aliphatic heterocycles. The van der Waals surface area contributed by atoms with E-state index in [0.717, 1.165) is 42.6 Å². The third-order valence-electron chi connectivity index (χ3n) is 4.62. The van der Waals surface area contributed by atoms with Crippen LogP contribution in [0.4, 0.5) is 10.8 Å². The van der Waals surface area contributed by atoms with Crippen LogP contribution < -0.4 is 9.80 Å². The molecular formula is C19H22ClN5OS. The number of aromatic nitrogens is 1. The van der Waals surface area contributed by atoms with Crippen molar-refractivity contribution >= 4 is 39.7 Å². The van der Waals surface area contributed by atoms with Crippen LogP contribution in [0.25, 0.3) is 0 Å². The molecule has 0 radical (unpaired) electrons. The highest BCUT2D eigenvalue weighted by atomic mass is 35.5. The third-order valence-corrected chi connectivity index (χ3v) is 5.88. The van der Waals surface area contributed by atoms with Crippen molar-refractivity contribution in [3.63, 3.8) is 0 Å². The van der Waals surface area contributed by atoms with Gasteiger partial charge in [-0.2, -0.15) is 5.26 Å². The number of amides is 1. The molecule has 1 saturated heterocycles. The number of hydrogen-bond acceptors (Lipinski definition) is 6. The SMILES string of the molecule is Cc1cc(N(CCC#N)C(=O)CN2CCN(c3nccs3)CC2)ccc1Cl. The first-order valence-electron chi connectivity index (χ1n) is 8.89. The maximum atomic E-state index is 12.9. The quantitative estimate of drug-likeness (QED) is 0.741. The Hall–Kier alpha value is -2.14. The highest BCUT2D eigenvalue weighted by molar-refractivity contribution is 7.13. The van der Waals surface area contributed by atoms with Crippen LogP contribution in [0.3, 0.4) is 0 Å². The van der Waals surface area contributed by atoms with Gasteiger partial charge in [-0.25, -0.2) is 4.98 Å². The van der Waals surface area contributed by atoms with Gasteiger partial charge < -0.3 is 9.80 Å². The van der Waals surface area contributed by atoms with Crippen LogP contribution in [0, 0.1) is 18.3 Å². The summed E-state index contributed by atoms with van der Waals surface area (Å²) in [5.74, 6) is 0.00895. The number of thiazole rings is 1. The van der Waals surface area contributed by atoms with Crippen molar-refractivity contribution in [3.05, 3.63) is 40.4 Å². The van der Waals surface area contributed by atoms with Crippen LogP contribution >= 0.6 is 22.9 Å². The summed E-state index contributed by atoms with van der Waals surface area (Å²) in [4.78, 5) is 23.4. The van der Waals surface area contributed by atoms with Crippen molar-refractivity contribution in [2.75, 3.05) is 49.1 Å². The number of anilines is 2. The number of carbonyl (C=O) groups excluding carboxylic acids is 1. The Morgan fingerprint density at radius 3 is 2.78 bits per heavy atom. The van der Waals surface area contributed by atoms with Gasteiger partial charge in [0.05, 0.1) is 19.0 Å². The van der Waals surface area contributed by atoms with E-state index in [4.69, 9.17) is 16.9 Å². The van der Waals surface area contributed by atoms with Crippen molar-refractivity contribution < 1.29 is 4.79 Å². The second-order valence-electron chi connectivity index (χ2n) is 6.46. The van der Waals surface area contributed by atoms with E-state index in [9.17, 15) is 4.79 Å². The number of rotatable bonds is 6. The monoisotopic (exact) mass is 403 g/mol. The molecule has 0 spiro atoms. The summed E-state index contributed by atoms with van der Waals surface area (Å²) in [5, 5.41) is 12.6. The van der Waals surface area contributed by atoms with E-state index in [0.29, 0.717) is 24.5 Å². The molecule has 142 valence electrons. The van der Waals surface area contributed by atoms with Crippen molar-refractivity contribution in [3.8, 4) is 6.07 Å². The van der Waals surface area contributed by atoms with Gasteiger partial charge in [-0.1, -0.05) is 11.6 Å². The number of nitrogens with zero attached hydrogens (tertiary/aromatic N) is 5. The molecule has 8 heteroatoms. The Morgan fingerprint density at radius 2 is 2.15 bits per heavy atom. The first-order chi connectivity index (χ1) is 13.1. The molecule has 1 amide bonds. The highest BCUT2D eigenvalue weighted by Crippen LogP contribution is 2.23. The van der Waals surface area contributed by atoms with Gasteiger partial charge in [0.25, 0.3) is 0 Å². The largest absolute Gasteiger partial charge is 0.346 e. The second kappa shape index (κ2) is 9.18. The highest BCUT2D eigenvalue weighted by Gasteiger charge is 2.23. The van der Waals surface area contributed by atoms with Crippen molar-refractivity contribution in [1.29, 1.82) is 5.26 Å². The number of carbonyl (C=O) groups is 1. The van der Waals surface area contributed by atoms with Gasteiger partial charge in [-0.3, -0.25) is 9.69 Å². The van der Waals surface area contributed by atoms with Crippen LogP contribution in [0.15, 0.2) is 29.8 Å². The molecule has 27 heavy (non-hydrogen) atoms. The van der Waals surface area contributed by atoms with E-state index in [-0.39, 0.29) is 5.91 Å². The number of piperazine rings is 1. The average molecular weight is 404 g/mol.